The zero-order valence-corrected chi connectivity index (χ0v) is 17.4. The molecule has 31 heavy (non-hydrogen) atoms. The third-order valence-electron chi connectivity index (χ3n) is 4.59. The maximum Gasteiger partial charge on any atom is 0.255 e. The molecule has 0 unspecified atom stereocenters. The van der Waals surface area contributed by atoms with E-state index in [0.717, 1.165) is 11.3 Å². The fourth-order valence-corrected chi connectivity index (χ4v) is 3.10. The van der Waals surface area contributed by atoms with Crippen molar-refractivity contribution in [3.05, 3.63) is 106 Å². The van der Waals surface area contributed by atoms with E-state index in [1.807, 2.05) is 36.4 Å². The standard InChI is InChI=1S/C24H20N2O4.ClH/c25-14-19-13-21(27)20-10-5-11-22(23(20)30-19)29-15-16-6-4-7-17(12-16)24(28)26-18-8-2-1-3-9-18;/h1-13H,14-15,25H2,(H,26,28);1H. The quantitative estimate of drug-likeness (QED) is 0.464. The molecule has 4 rings (SSSR count). The fourth-order valence-electron chi connectivity index (χ4n) is 3.10. The monoisotopic (exact) mass is 436 g/mol. The number of nitrogens with one attached hydrogen (secondary N) is 1. The van der Waals surface area contributed by atoms with Crippen LogP contribution in [0, 0.1) is 0 Å². The van der Waals surface area contributed by atoms with Gasteiger partial charge in [0.05, 0.1) is 11.9 Å². The number of para-hydroxylation sites is 2. The normalized spacial score (nSPS) is 10.4. The van der Waals surface area contributed by atoms with Crippen LogP contribution in [0.1, 0.15) is 21.7 Å². The summed E-state index contributed by atoms with van der Waals surface area (Å²) >= 11 is 0. The van der Waals surface area contributed by atoms with E-state index in [4.69, 9.17) is 14.9 Å². The van der Waals surface area contributed by atoms with Crippen LogP contribution in [-0.2, 0) is 13.2 Å². The minimum absolute atomic E-state index is 0. The van der Waals surface area contributed by atoms with E-state index in [0.29, 0.717) is 28.0 Å². The molecule has 0 aliphatic carbocycles. The van der Waals surface area contributed by atoms with Crippen molar-refractivity contribution < 1.29 is 13.9 Å². The lowest BCUT2D eigenvalue weighted by atomic mass is 10.1. The van der Waals surface area contributed by atoms with Gasteiger partial charge in [-0.3, -0.25) is 9.59 Å². The van der Waals surface area contributed by atoms with Gasteiger partial charge in [0.2, 0.25) is 0 Å². The van der Waals surface area contributed by atoms with Crippen molar-refractivity contribution in [1.82, 2.24) is 0 Å². The topological polar surface area (TPSA) is 94.6 Å². The third-order valence-corrected chi connectivity index (χ3v) is 4.59. The molecule has 4 aromatic rings. The number of rotatable bonds is 6. The Bertz CT molecular complexity index is 1260. The van der Waals surface area contributed by atoms with Crippen LogP contribution >= 0.6 is 12.4 Å². The molecule has 1 amide bonds. The zero-order valence-electron chi connectivity index (χ0n) is 16.5. The van der Waals surface area contributed by atoms with Gasteiger partial charge < -0.3 is 20.2 Å². The lowest BCUT2D eigenvalue weighted by Crippen LogP contribution is -2.12. The zero-order chi connectivity index (χ0) is 20.9. The Hall–Kier alpha value is -3.61. The van der Waals surface area contributed by atoms with Crippen LogP contribution in [0.25, 0.3) is 11.0 Å². The SMILES string of the molecule is Cl.NCc1cc(=O)c2cccc(OCc3cccc(C(=O)Nc4ccccc4)c3)c2o1. The van der Waals surface area contributed by atoms with Crippen molar-refractivity contribution in [3.63, 3.8) is 0 Å². The van der Waals surface area contributed by atoms with Gasteiger partial charge in [-0.2, -0.15) is 0 Å². The molecule has 3 aromatic carbocycles. The predicted octanol–water partition coefficient (Wildman–Crippen LogP) is 4.50. The van der Waals surface area contributed by atoms with Crippen LogP contribution in [0.4, 0.5) is 5.69 Å². The van der Waals surface area contributed by atoms with Crippen LogP contribution in [0.5, 0.6) is 5.75 Å². The summed E-state index contributed by atoms with van der Waals surface area (Å²) in [5.74, 6) is 0.633. The molecule has 0 bridgehead atoms. The van der Waals surface area contributed by atoms with E-state index < -0.39 is 0 Å². The second-order valence-corrected chi connectivity index (χ2v) is 6.72. The first-order chi connectivity index (χ1) is 14.6. The van der Waals surface area contributed by atoms with E-state index >= 15 is 0 Å². The van der Waals surface area contributed by atoms with Crippen molar-refractivity contribution in [3.8, 4) is 5.75 Å². The molecule has 7 heteroatoms. The highest BCUT2D eigenvalue weighted by molar-refractivity contribution is 6.04. The number of hydrogen-bond acceptors (Lipinski definition) is 5. The Morgan fingerprint density at radius 2 is 1.74 bits per heavy atom. The van der Waals surface area contributed by atoms with E-state index in [1.165, 1.54) is 6.07 Å². The average Bonchev–Trinajstić information content (AvgIpc) is 2.78. The molecule has 0 spiro atoms. The van der Waals surface area contributed by atoms with Gasteiger partial charge >= 0.3 is 0 Å². The number of fused-ring (bicyclic) bond motifs is 1. The molecule has 1 aromatic heterocycles. The van der Waals surface area contributed by atoms with Gasteiger partial charge in [-0.05, 0) is 42.0 Å². The molecular formula is C24H21ClN2O4. The first-order valence-corrected chi connectivity index (χ1v) is 9.48. The van der Waals surface area contributed by atoms with Gasteiger partial charge in [-0.15, -0.1) is 12.4 Å². The smallest absolute Gasteiger partial charge is 0.255 e. The first-order valence-electron chi connectivity index (χ1n) is 9.48. The average molecular weight is 437 g/mol. The Morgan fingerprint density at radius 3 is 2.52 bits per heavy atom. The van der Waals surface area contributed by atoms with E-state index in [2.05, 4.69) is 5.32 Å². The van der Waals surface area contributed by atoms with Crippen molar-refractivity contribution in [2.45, 2.75) is 13.2 Å². The third kappa shape index (κ3) is 5.12. The summed E-state index contributed by atoms with van der Waals surface area (Å²) in [7, 11) is 0. The summed E-state index contributed by atoms with van der Waals surface area (Å²) < 4.78 is 11.6. The van der Waals surface area contributed by atoms with Crippen molar-refractivity contribution in [2.75, 3.05) is 5.32 Å². The maximum atomic E-state index is 12.5. The van der Waals surface area contributed by atoms with Gasteiger partial charge in [-0.1, -0.05) is 36.4 Å². The Labute approximate surface area is 185 Å². The molecule has 0 aliphatic rings. The molecule has 0 radical (unpaired) electrons. The van der Waals surface area contributed by atoms with Crippen LogP contribution in [0.2, 0.25) is 0 Å². The summed E-state index contributed by atoms with van der Waals surface area (Å²) in [6.07, 6.45) is 0. The summed E-state index contributed by atoms with van der Waals surface area (Å²) in [5.41, 5.74) is 7.87. The van der Waals surface area contributed by atoms with E-state index in [-0.39, 0.29) is 36.9 Å². The Balaban J connectivity index is 0.00000272. The van der Waals surface area contributed by atoms with Gasteiger partial charge in [0, 0.05) is 17.3 Å². The highest BCUT2D eigenvalue weighted by atomic mass is 35.5. The number of amides is 1. The maximum absolute atomic E-state index is 12.5. The molecule has 3 N–H and O–H groups in total. The minimum atomic E-state index is -0.202. The number of hydrogen-bond donors (Lipinski definition) is 2. The van der Waals surface area contributed by atoms with Crippen LogP contribution in [0.3, 0.4) is 0 Å². The second-order valence-electron chi connectivity index (χ2n) is 6.72. The molecule has 6 nitrogen and oxygen atoms in total. The van der Waals surface area contributed by atoms with Gasteiger partial charge in [-0.25, -0.2) is 0 Å². The molecular weight excluding hydrogens is 416 g/mol. The molecule has 0 saturated heterocycles. The molecule has 158 valence electrons. The molecule has 1 heterocycles. The van der Waals surface area contributed by atoms with Gasteiger partial charge in [0.25, 0.3) is 5.91 Å². The van der Waals surface area contributed by atoms with Crippen molar-refractivity contribution >= 4 is 35.0 Å². The Kier molecular flexibility index (Phi) is 7.07. The second kappa shape index (κ2) is 9.93. The predicted molar refractivity (Wildman–Crippen MR) is 123 cm³/mol. The van der Waals surface area contributed by atoms with Crippen molar-refractivity contribution in [1.29, 1.82) is 0 Å². The van der Waals surface area contributed by atoms with Gasteiger partial charge in [0.15, 0.2) is 16.8 Å². The summed E-state index contributed by atoms with van der Waals surface area (Å²) in [6, 6.07) is 23.0. The molecule has 0 aliphatic heterocycles. The number of anilines is 1. The number of halogens is 1. The summed E-state index contributed by atoms with van der Waals surface area (Å²) in [6.45, 7) is 0.334. The number of carbonyl (C=O) groups excluding carboxylic acids is 1. The van der Waals surface area contributed by atoms with E-state index in [1.54, 1.807) is 36.4 Å². The van der Waals surface area contributed by atoms with E-state index in [9.17, 15) is 9.59 Å². The fraction of sp³-hybridized carbons (Fsp3) is 0.0833. The number of nitrogens with two attached hydrogens (primary N) is 1. The molecule has 0 atom stereocenters. The summed E-state index contributed by atoms with van der Waals surface area (Å²) in [4.78, 5) is 24.7. The van der Waals surface area contributed by atoms with Crippen molar-refractivity contribution in [2.24, 2.45) is 5.73 Å². The highest BCUT2D eigenvalue weighted by Gasteiger charge is 2.11. The van der Waals surface area contributed by atoms with Gasteiger partial charge in [0.1, 0.15) is 12.4 Å². The largest absolute Gasteiger partial charge is 0.485 e. The Morgan fingerprint density at radius 1 is 0.968 bits per heavy atom. The molecule has 0 saturated carbocycles. The van der Waals surface area contributed by atoms with Crippen LogP contribution in [0.15, 0.2) is 88.1 Å². The number of benzene rings is 3. The highest BCUT2D eigenvalue weighted by Crippen LogP contribution is 2.25. The van der Waals surface area contributed by atoms with Crippen LogP contribution < -0.4 is 21.2 Å². The number of carbonyl (C=O) groups is 1. The lowest BCUT2D eigenvalue weighted by Gasteiger charge is -2.10. The minimum Gasteiger partial charge on any atom is -0.485 e. The van der Waals surface area contributed by atoms with Crippen LogP contribution in [-0.4, -0.2) is 5.91 Å². The number of ether oxygens (including phenoxy) is 1. The lowest BCUT2D eigenvalue weighted by molar-refractivity contribution is 0.102. The summed E-state index contributed by atoms with van der Waals surface area (Å²) in [5, 5.41) is 3.29. The molecule has 0 fully saturated rings. The first kappa shape index (κ1) is 22.1.